The van der Waals surface area contributed by atoms with Gasteiger partial charge in [0, 0.05) is 6.42 Å². The maximum absolute atomic E-state index is 11.4. The number of nitrogens with two attached hydrogens (primary N) is 1. The fourth-order valence-electron chi connectivity index (χ4n) is 1.58. The summed E-state index contributed by atoms with van der Waals surface area (Å²) in [4.78, 5) is 11.4. The molecule has 0 radical (unpaired) electrons. The van der Waals surface area contributed by atoms with E-state index in [2.05, 4.69) is 5.32 Å². The number of carbonyl (C=O) groups is 1. The van der Waals surface area contributed by atoms with E-state index in [4.69, 9.17) is 15.2 Å². The number of nitrogens with one attached hydrogen (secondary N) is 1. The third-order valence-corrected chi connectivity index (χ3v) is 2.59. The van der Waals surface area contributed by atoms with Crippen LogP contribution in [0.15, 0.2) is 24.3 Å². The predicted octanol–water partition coefficient (Wildman–Crippen LogP) is 1.32. The van der Waals surface area contributed by atoms with Gasteiger partial charge in [-0.15, -0.1) is 0 Å². The van der Waals surface area contributed by atoms with Crippen molar-refractivity contribution in [2.24, 2.45) is 5.73 Å². The molecule has 0 aliphatic carbocycles. The average molecular weight is 266 g/mol. The van der Waals surface area contributed by atoms with Crippen LogP contribution in [0.1, 0.15) is 19.8 Å². The lowest BCUT2D eigenvalue weighted by molar-refractivity contribution is -0.121. The fraction of sp³-hybridized carbons (Fsp3) is 0.500. The number of para-hydroxylation sites is 2. The van der Waals surface area contributed by atoms with Gasteiger partial charge in [0.05, 0.1) is 13.7 Å². The van der Waals surface area contributed by atoms with E-state index in [1.54, 1.807) is 7.11 Å². The highest BCUT2D eigenvalue weighted by atomic mass is 16.5. The Balaban J connectivity index is 2.38. The normalized spacial score (nSPS) is 11.7. The van der Waals surface area contributed by atoms with Gasteiger partial charge in [0.1, 0.15) is 6.10 Å². The van der Waals surface area contributed by atoms with Crippen LogP contribution in [-0.4, -0.2) is 32.2 Å². The summed E-state index contributed by atoms with van der Waals surface area (Å²) in [6.07, 6.45) is 1.03. The van der Waals surface area contributed by atoms with Crippen molar-refractivity contribution < 1.29 is 14.3 Å². The molecule has 1 rings (SSSR count). The Morgan fingerprint density at radius 3 is 2.68 bits per heavy atom. The Kier molecular flexibility index (Phi) is 6.74. The molecule has 0 spiro atoms. The number of rotatable bonds is 8. The van der Waals surface area contributed by atoms with Crippen molar-refractivity contribution in [1.29, 1.82) is 0 Å². The Morgan fingerprint density at radius 1 is 1.37 bits per heavy atom. The highest BCUT2D eigenvalue weighted by Crippen LogP contribution is 2.26. The molecule has 0 aliphatic heterocycles. The molecule has 0 aromatic heterocycles. The lowest BCUT2D eigenvalue weighted by Crippen LogP contribution is -2.33. The average Bonchev–Trinajstić information content (AvgIpc) is 2.43. The van der Waals surface area contributed by atoms with Crippen LogP contribution in [0.25, 0.3) is 0 Å². The summed E-state index contributed by atoms with van der Waals surface area (Å²) in [5, 5.41) is 2.81. The van der Waals surface area contributed by atoms with Crippen LogP contribution >= 0.6 is 0 Å². The third-order valence-electron chi connectivity index (χ3n) is 2.59. The molecular weight excluding hydrogens is 244 g/mol. The SMILES string of the molecule is COc1ccccc1OC(C)CNC(=O)CCCN. The molecule has 1 atom stereocenters. The minimum atomic E-state index is -0.127. The molecule has 0 aliphatic rings. The van der Waals surface area contributed by atoms with Gasteiger partial charge in [0.15, 0.2) is 11.5 Å². The summed E-state index contributed by atoms with van der Waals surface area (Å²) < 4.78 is 10.9. The molecule has 5 nitrogen and oxygen atoms in total. The Bertz CT molecular complexity index is 396. The zero-order valence-electron chi connectivity index (χ0n) is 11.5. The number of ether oxygens (including phenoxy) is 2. The zero-order valence-corrected chi connectivity index (χ0v) is 11.5. The Hall–Kier alpha value is -1.75. The summed E-state index contributed by atoms with van der Waals surface area (Å²) in [6.45, 7) is 2.89. The number of methoxy groups -OCH3 is 1. The van der Waals surface area contributed by atoms with Crippen LogP contribution in [0.5, 0.6) is 11.5 Å². The van der Waals surface area contributed by atoms with Crippen LogP contribution in [0, 0.1) is 0 Å². The van der Waals surface area contributed by atoms with Crippen LogP contribution < -0.4 is 20.5 Å². The minimum Gasteiger partial charge on any atom is -0.493 e. The second-order valence-corrected chi connectivity index (χ2v) is 4.28. The van der Waals surface area contributed by atoms with Gasteiger partial charge in [-0.3, -0.25) is 4.79 Å². The summed E-state index contributed by atoms with van der Waals surface area (Å²) in [5.74, 6) is 1.36. The monoisotopic (exact) mass is 266 g/mol. The summed E-state index contributed by atoms with van der Waals surface area (Å²) in [6, 6.07) is 7.43. The van der Waals surface area contributed by atoms with Crippen LogP contribution in [-0.2, 0) is 4.79 Å². The molecule has 1 unspecified atom stereocenters. The molecule has 3 N–H and O–H groups in total. The van der Waals surface area contributed by atoms with Crippen molar-refractivity contribution in [2.45, 2.75) is 25.9 Å². The number of carbonyl (C=O) groups excluding carboxylic acids is 1. The van der Waals surface area contributed by atoms with Crippen molar-refractivity contribution in [3.8, 4) is 11.5 Å². The highest BCUT2D eigenvalue weighted by Gasteiger charge is 2.09. The molecule has 1 aromatic rings. The molecule has 0 bridgehead atoms. The van der Waals surface area contributed by atoms with E-state index in [1.165, 1.54) is 0 Å². The van der Waals surface area contributed by atoms with Gasteiger partial charge in [0.25, 0.3) is 0 Å². The van der Waals surface area contributed by atoms with E-state index in [1.807, 2.05) is 31.2 Å². The highest BCUT2D eigenvalue weighted by molar-refractivity contribution is 5.75. The van der Waals surface area contributed by atoms with Gasteiger partial charge < -0.3 is 20.5 Å². The Morgan fingerprint density at radius 2 is 2.05 bits per heavy atom. The van der Waals surface area contributed by atoms with Crippen LogP contribution in [0.2, 0.25) is 0 Å². The first-order valence-electron chi connectivity index (χ1n) is 6.43. The first kappa shape index (κ1) is 15.3. The van der Waals surface area contributed by atoms with E-state index in [9.17, 15) is 4.79 Å². The van der Waals surface area contributed by atoms with Crippen molar-refractivity contribution in [3.05, 3.63) is 24.3 Å². The van der Waals surface area contributed by atoms with Crippen LogP contribution in [0.4, 0.5) is 0 Å². The van der Waals surface area contributed by atoms with Gasteiger partial charge in [-0.05, 0) is 32.0 Å². The van der Waals surface area contributed by atoms with Gasteiger partial charge in [-0.2, -0.15) is 0 Å². The lowest BCUT2D eigenvalue weighted by atomic mass is 10.3. The summed E-state index contributed by atoms with van der Waals surface area (Å²) in [5.41, 5.74) is 5.35. The van der Waals surface area contributed by atoms with E-state index in [0.29, 0.717) is 37.4 Å². The molecule has 0 heterocycles. The molecule has 0 fully saturated rings. The third kappa shape index (κ3) is 5.61. The zero-order chi connectivity index (χ0) is 14.1. The van der Waals surface area contributed by atoms with Gasteiger partial charge in [-0.25, -0.2) is 0 Å². The smallest absolute Gasteiger partial charge is 0.220 e. The first-order chi connectivity index (χ1) is 9.17. The topological polar surface area (TPSA) is 73.6 Å². The standard InChI is InChI=1S/C14H22N2O3/c1-11(10-16-14(17)8-5-9-15)19-13-7-4-3-6-12(13)18-2/h3-4,6-7,11H,5,8-10,15H2,1-2H3,(H,16,17). The number of hydrogen-bond acceptors (Lipinski definition) is 4. The van der Waals surface area contributed by atoms with Gasteiger partial charge in [-0.1, -0.05) is 12.1 Å². The van der Waals surface area contributed by atoms with E-state index < -0.39 is 0 Å². The maximum atomic E-state index is 11.4. The summed E-state index contributed by atoms with van der Waals surface area (Å²) in [7, 11) is 1.60. The van der Waals surface area contributed by atoms with E-state index >= 15 is 0 Å². The fourth-order valence-corrected chi connectivity index (χ4v) is 1.58. The van der Waals surface area contributed by atoms with Crippen molar-refractivity contribution in [3.63, 3.8) is 0 Å². The largest absolute Gasteiger partial charge is 0.493 e. The van der Waals surface area contributed by atoms with Crippen molar-refractivity contribution in [1.82, 2.24) is 5.32 Å². The molecule has 106 valence electrons. The first-order valence-corrected chi connectivity index (χ1v) is 6.43. The van der Waals surface area contributed by atoms with Gasteiger partial charge >= 0.3 is 0 Å². The van der Waals surface area contributed by atoms with Crippen molar-refractivity contribution >= 4 is 5.91 Å². The molecule has 1 amide bonds. The summed E-state index contributed by atoms with van der Waals surface area (Å²) >= 11 is 0. The molecule has 1 aromatic carbocycles. The molecule has 19 heavy (non-hydrogen) atoms. The number of hydrogen-bond donors (Lipinski definition) is 2. The van der Waals surface area contributed by atoms with Gasteiger partial charge in [0.2, 0.25) is 5.91 Å². The predicted molar refractivity (Wildman–Crippen MR) is 74.4 cm³/mol. The quantitative estimate of drug-likeness (QED) is 0.744. The molecule has 5 heteroatoms. The molecule has 0 saturated heterocycles. The lowest BCUT2D eigenvalue weighted by Gasteiger charge is -2.17. The second-order valence-electron chi connectivity index (χ2n) is 4.28. The van der Waals surface area contributed by atoms with Crippen molar-refractivity contribution in [2.75, 3.05) is 20.2 Å². The Labute approximate surface area is 114 Å². The van der Waals surface area contributed by atoms with E-state index in [0.717, 1.165) is 0 Å². The second kappa shape index (κ2) is 8.37. The molecular formula is C14H22N2O3. The van der Waals surface area contributed by atoms with E-state index in [-0.39, 0.29) is 12.0 Å². The molecule has 0 saturated carbocycles. The minimum absolute atomic E-state index is 0.000858. The maximum Gasteiger partial charge on any atom is 0.220 e. The number of benzene rings is 1. The van der Waals surface area contributed by atoms with Crippen LogP contribution in [0.3, 0.4) is 0 Å². The number of amides is 1.